The van der Waals surface area contributed by atoms with E-state index in [-0.39, 0.29) is 31.1 Å². The van der Waals surface area contributed by atoms with Crippen LogP contribution in [0.3, 0.4) is 0 Å². The van der Waals surface area contributed by atoms with E-state index in [1.807, 2.05) is 35.7 Å². The van der Waals surface area contributed by atoms with Gasteiger partial charge in [-0.25, -0.2) is 4.98 Å². The van der Waals surface area contributed by atoms with Crippen LogP contribution in [0.5, 0.6) is 0 Å². The summed E-state index contributed by atoms with van der Waals surface area (Å²) < 4.78 is 10.8. The zero-order chi connectivity index (χ0) is 36.5. The number of morpholine rings is 2. The molecule has 0 bridgehead atoms. The Morgan fingerprint density at radius 3 is 2.29 bits per heavy atom. The second-order valence-corrected chi connectivity index (χ2v) is 15.0. The van der Waals surface area contributed by atoms with Crippen molar-refractivity contribution >= 4 is 35.0 Å². The van der Waals surface area contributed by atoms with E-state index in [1.54, 1.807) is 10.4 Å². The Bertz CT molecular complexity index is 1380. The molecule has 1 aromatic carbocycles. The SMILES string of the molecule is O=C(C[C@H](O)[C@H](CC1CCCCC1)NC(=O)[C@H](Cc1cscn1)NC(=O)[C@@H](CC(=O)N1CCOCC1)Cc1ccccc1)NCCN1CCOCC1. The molecule has 1 saturated carbocycles. The van der Waals surface area contributed by atoms with Crippen LogP contribution in [0, 0.1) is 11.8 Å². The summed E-state index contributed by atoms with van der Waals surface area (Å²) in [6.45, 7) is 6.04. The van der Waals surface area contributed by atoms with E-state index in [0.717, 1.165) is 44.3 Å². The van der Waals surface area contributed by atoms with Crippen molar-refractivity contribution in [2.45, 2.75) is 82.4 Å². The Balaban J connectivity index is 1.27. The Morgan fingerprint density at radius 1 is 0.885 bits per heavy atom. The Kier molecular flexibility index (Phi) is 16.3. The fraction of sp³-hybridized carbons (Fsp3) is 0.658. The van der Waals surface area contributed by atoms with Crippen molar-refractivity contribution in [3.05, 3.63) is 52.5 Å². The number of nitrogens with zero attached hydrogens (tertiary/aromatic N) is 3. The number of aliphatic hydroxyl groups is 1. The molecule has 0 radical (unpaired) electrons. The summed E-state index contributed by atoms with van der Waals surface area (Å²) in [6.07, 6.45) is 5.11. The third-order valence-corrected chi connectivity index (χ3v) is 11.0. The van der Waals surface area contributed by atoms with Crippen molar-refractivity contribution in [1.82, 2.24) is 30.7 Å². The second kappa shape index (κ2) is 21.3. The number of aliphatic hydroxyl groups excluding tert-OH is 1. The maximum absolute atomic E-state index is 14.2. The third-order valence-electron chi connectivity index (χ3n) is 10.4. The lowest BCUT2D eigenvalue weighted by Crippen LogP contribution is -2.55. The molecule has 14 heteroatoms. The normalized spacial score (nSPS) is 19.6. The number of thiazole rings is 1. The lowest BCUT2D eigenvalue weighted by Gasteiger charge is -2.32. The zero-order valence-corrected chi connectivity index (χ0v) is 31.0. The first-order valence-corrected chi connectivity index (χ1v) is 19.9. The molecule has 52 heavy (non-hydrogen) atoms. The van der Waals surface area contributed by atoms with Crippen LogP contribution in [0.1, 0.15) is 62.6 Å². The second-order valence-electron chi connectivity index (χ2n) is 14.3. The highest BCUT2D eigenvalue weighted by atomic mass is 32.1. The van der Waals surface area contributed by atoms with Crippen LogP contribution in [0.2, 0.25) is 0 Å². The highest BCUT2D eigenvalue weighted by Crippen LogP contribution is 2.28. The molecule has 3 heterocycles. The van der Waals surface area contributed by atoms with Gasteiger partial charge in [0.1, 0.15) is 6.04 Å². The molecule has 0 spiro atoms. The average Bonchev–Trinajstić information content (AvgIpc) is 3.69. The number of rotatable bonds is 18. The summed E-state index contributed by atoms with van der Waals surface area (Å²) in [5.74, 6) is -1.65. The van der Waals surface area contributed by atoms with Crippen LogP contribution < -0.4 is 16.0 Å². The summed E-state index contributed by atoms with van der Waals surface area (Å²) in [4.78, 5) is 62.9. The number of amides is 4. The molecule has 2 aliphatic heterocycles. The van der Waals surface area contributed by atoms with Crippen LogP contribution in [0.15, 0.2) is 41.2 Å². The van der Waals surface area contributed by atoms with E-state index < -0.39 is 35.9 Å². The molecule has 1 aromatic heterocycles. The van der Waals surface area contributed by atoms with Gasteiger partial charge in [0.15, 0.2) is 0 Å². The van der Waals surface area contributed by atoms with Crippen molar-refractivity contribution in [2.75, 3.05) is 65.7 Å². The van der Waals surface area contributed by atoms with Crippen LogP contribution in [-0.4, -0.2) is 127 Å². The molecular weight excluding hydrogens is 685 g/mol. The number of hydrogen-bond donors (Lipinski definition) is 4. The van der Waals surface area contributed by atoms with Gasteiger partial charge < -0.3 is 35.4 Å². The highest BCUT2D eigenvalue weighted by molar-refractivity contribution is 7.07. The van der Waals surface area contributed by atoms with E-state index in [2.05, 4.69) is 25.8 Å². The Morgan fingerprint density at radius 2 is 1.60 bits per heavy atom. The number of nitrogens with one attached hydrogen (secondary N) is 3. The lowest BCUT2D eigenvalue weighted by atomic mass is 9.83. The molecule has 2 saturated heterocycles. The molecule has 3 fully saturated rings. The minimum Gasteiger partial charge on any atom is -0.390 e. The number of carbonyl (C=O) groups excluding carboxylic acids is 4. The largest absolute Gasteiger partial charge is 0.390 e. The van der Waals surface area contributed by atoms with E-state index in [0.29, 0.717) is 77.1 Å². The zero-order valence-electron chi connectivity index (χ0n) is 30.2. The number of carbonyl (C=O) groups is 4. The van der Waals surface area contributed by atoms with Gasteiger partial charge >= 0.3 is 0 Å². The van der Waals surface area contributed by atoms with Gasteiger partial charge in [0.25, 0.3) is 0 Å². The Labute approximate surface area is 311 Å². The van der Waals surface area contributed by atoms with E-state index in [4.69, 9.17) is 9.47 Å². The van der Waals surface area contributed by atoms with Crippen LogP contribution >= 0.6 is 11.3 Å². The predicted octanol–water partition coefficient (Wildman–Crippen LogP) is 1.93. The summed E-state index contributed by atoms with van der Waals surface area (Å²) in [5, 5.41) is 22.2. The van der Waals surface area contributed by atoms with Gasteiger partial charge in [0.2, 0.25) is 23.6 Å². The van der Waals surface area contributed by atoms with Gasteiger partial charge in [0, 0.05) is 57.5 Å². The maximum atomic E-state index is 14.2. The average molecular weight is 741 g/mol. The van der Waals surface area contributed by atoms with Gasteiger partial charge in [-0.15, -0.1) is 11.3 Å². The van der Waals surface area contributed by atoms with Crippen molar-refractivity contribution in [3.8, 4) is 0 Å². The summed E-state index contributed by atoms with van der Waals surface area (Å²) in [7, 11) is 0. The third kappa shape index (κ3) is 13.2. The van der Waals surface area contributed by atoms with Gasteiger partial charge in [-0.1, -0.05) is 62.4 Å². The van der Waals surface area contributed by atoms with Crippen molar-refractivity contribution in [1.29, 1.82) is 0 Å². The molecule has 13 nitrogen and oxygen atoms in total. The first-order chi connectivity index (χ1) is 25.3. The number of benzene rings is 1. The van der Waals surface area contributed by atoms with Gasteiger partial charge in [-0.2, -0.15) is 0 Å². The lowest BCUT2D eigenvalue weighted by molar-refractivity contribution is -0.140. The molecule has 286 valence electrons. The molecule has 0 unspecified atom stereocenters. The molecule has 5 rings (SSSR count). The minimum absolute atomic E-state index is 0.00453. The molecular formula is C38H56N6O7S. The van der Waals surface area contributed by atoms with Crippen molar-refractivity contribution in [2.24, 2.45) is 11.8 Å². The Hall–Kier alpha value is -3.43. The van der Waals surface area contributed by atoms with Crippen LogP contribution in [0.4, 0.5) is 0 Å². The van der Waals surface area contributed by atoms with Gasteiger partial charge in [-0.3, -0.25) is 24.1 Å². The molecule has 3 aliphatic rings. The molecule has 1 aliphatic carbocycles. The minimum atomic E-state index is -1.11. The van der Waals surface area contributed by atoms with Crippen LogP contribution in [0.25, 0.3) is 0 Å². The molecule has 4 atom stereocenters. The van der Waals surface area contributed by atoms with Crippen LogP contribution in [-0.2, 0) is 41.5 Å². The van der Waals surface area contributed by atoms with E-state index in [9.17, 15) is 24.3 Å². The predicted molar refractivity (Wildman–Crippen MR) is 197 cm³/mol. The van der Waals surface area contributed by atoms with E-state index >= 15 is 0 Å². The van der Waals surface area contributed by atoms with Crippen molar-refractivity contribution in [3.63, 3.8) is 0 Å². The molecule has 2 aromatic rings. The number of aromatic nitrogens is 1. The quantitative estimate of drug-likeness (QED) is 0.179. The summed E-state index contributed by atoms with van der Waals surface area (Å²) in [6, 6.07) is 7.86. The fourth-order valence-electron chi connectivity index (χ4n) is 7.32. The highest BCUT2D eigenvalue weighted by Gasteiger charge is 2.33. The topological polar surface area (TPSA) is 162 Å². The van der Waals surface area contributed by atoms with Crippen molar-refractivity contribution < 1.29 is 33.8 Å². The van der Waals surface area contributed by atoms with Gasteiger partial charge in [0.05, 0.1) is 62.1 Å². The summed E-state index contributed by atoms with van der Waals surface area (Å²) >= 11 is 1.40. The first kappa shape index (κ1) is 39.8. The van der Waals surface area contributed by atoms with E-state index in [1.165, 1.54) is 17.8 Å². The smallest absolute Gasteiger partial charge is 0.243 e. The maximum Gasteiger partial charge on any atom is 0.243 e. The number of ether oxygens (including phenoxy) is 2. The first-order valence-electron chi connectivity index (χ1n) is 19.0. The molecule has 4 amide bonds. The number of hydrogen-bond acceptors (Lipinski definition) is 10. The fourth-order valence-corrected chi connectivity index (χ4v) is 7.89. The van der Waals surface area contributed by atoms with Gasteiger partial charge in [-0.05, 0) is 24.3 Å². The summed E-state index contributed by atoms with van der Waals surface area (Å²) in [5.41, 5.74) is 3.24. The standard InChI is InChI=1S/C38H56N6O7S/c45-34(25-35(46)39-11-12-43-13-17-50-18-14-43)32(22-29-9-5-2-6-10-29)41-38(49)33(24-31-26-52-27-40-31)42-37(48)30(21-28-7-3-1-4-8-28)23-36(47)44-15-19-51-20-16-44/h1,3-4,7-8,26-27,29-30,32-34,45H,2,5-6,9-25H2,(H,39,46)(H,41,49)(H,42,48)/t30-,32+,33+,34+/m1/s1. The molecule has 4 N–H and O–H groups in total. The monoisotopic (exact) mass is 740 g/mol.